The van der Waals surface area contributed by atoms with E-state index in [9.17, 15) is 59.1 Å². The Bertz CT molecular complexity index is 2850. The van der Waals surface area contributed by atoms with Gasteiger partial charge in [0.1, 0.15) is 44.9 Å². The van der Waals surface area contributed by atoms with Crippen LogP contribution in [0, 0.1) is 0 Å². The maximum atomic E-state index is 13.5. The van der Waals surface area contributed by atoms with Gasteiger partial charge in [-0.05, 0) is 36.4 Å². The van der Waals surface area contributed by atoms with Crippen LogP contribution in [0.5, 0.6) is 57.5 Å². The van der Waals surface area contributed by atoms with Crippen LogP contribution >= 0.6 is 0 Å². The number of hydrogen-bond donors (Lipinski definition) is 5. The summed E-state index contributed by atoms with van der Waals surface area (Å²) in [6, 6.07) is 11.8. The Balaban J connectivity index is 0.000000254. The van der Waals surface area contributed by atoms with E-state index in [-0.39, 0.29) is 79.1 Å². The van der Waals surface area contributed by atoms with Crippen LogP contribution in [-0.4, -0.2) is 55.4 Å². The van der Waals surface area contributed by atoms with Crippen molar-refractivity contribution in [2.75, 3.05) is 0 Å². The fraction of sp³-hybridized carbons (Fsp3) is 0.125. The summed E-state index contributed by atoms with van der Waals surface area (Å²) in [6.45, 7) is 5.56. The first kappa shape index (κ1) is 41.8. The molecule has 0 atom stereocenters. The zero-order valence-corrected chi connectivity index (χ0v) is 31.2. The predicted octanol–water partition coefficient (Wildman–Crippen LogP) is 5.07. The lowest BCUT2D eigenvalue weighted by Gasteiger charge is -2.14. The second-order valence-corrected chi connectivity index (χ2v) is 12.2. The Morgan fingerprint density at radius 1 is 0.475 bits per heavy atom. The molecule has 59 heavy (non-hydrogen) atoms. The zero-order chi connectivity index (χ0) is 43.5. The number of ether oxygens (including phenoxy) is 5. The van der Waals surface area contributed by atoms with Crippen LogP contribution < -0.4 is 34.5 Å². The highest BCUT2D eigenvalue weighted by Crippen LogP contribution is 2.41. The molecule has 0 aliphatic heterocycles. The summed E-state index contributed by atoms with van der Waals surface area (Å²) in [5.41, 5.74) is -1.90. The molecule has 0 amide bonds. The fourth-order valence-electron chi connectivity index (χ4n) is 5.39. The van der Waals surface area contributed by atoms with E-state index in [4.69, 9.17) is 32.5 Å². The van der Waals surface area contributed by atoms with E-state index in [2.05, 4.69) is 0 Å². The maximum Gasteiger partial charge on any atom is 0.308 e. The van der Waals surface area contributed by atoms with Crippen LogP contribution in [0.4, 0.5) is 0 Å². The number of phenols is 4. The van der Waals surface area contributed by atoms with Crippen LogP contribution in [0.3, 0.4) is 0 Å². The van der Waals surface area contributed by atoms with E-state index in [1.54, 1.807) is 0 Å². The molecule has 0 aliphatic carbocycles. The molecule has 19 heteroatoms. The SMILES string of the molecule is CC(=O)Oc1cc(OC(C)=O)c2c(=O)c(OC(C)=O)c(-c3ccc(OC(C)=O)c(OC(C)=O)c3)oc2c1.O=c1c(O)c(-c2ccc(O)c(O)c2)oc2cc(O)cc(O)c12. The molecular formula is C40H30O19. The first-order valence-electron chi connectivity index (χ1n) is 16.7. The Hall–Kier alpha value is -8.35. The third kappa shape index (κ3) is 9.38. The van der Waals surface area contributed by atoms with Gasteiger partial charge < -0.3 is 58.1 Å². The molecule has 6 aromatic rings. The van der Waals surface area contributed by atoms with Crippen molar-refractivity contribution in [2.45, 2.75) is 34.6 Å². The second-order valence-electron chi connectivity index (χ2n) is 12.2. The number of rotatable bonds is 7. The van der Waals surface area contributed by atoms with Gasteiger partial charge >= 0.3 is 29.8 Å². The molecule has 0 unspecified atom stereocenters. The Morgan fingerprint density at radius 3 is 1.63 bits per heavy atom. The summed E-state index contributed by atoms with van der Waals surface area (Å²) in [5, 5.41) is 47.4. The van der Waals surface area contributed by atoms with Gasteiger partial charge in [0.2, 0.25) is 22.4 Å². The van der Waals surface area contributed by atoms with Gasteiger partial charge in [-0.2, -0.15) is 0 Å². The van der Waals surface area contributed by atoms with Crippen molar-refractivity contribution in [3.63, 3.8) is 0 Å². The first-order valence-corrected chi connectivity index (χ1v) is 16.7. The van der Waals surface area contributed by atoms with E-state index in [0.717, 1.165) is 65.0 Å². The van der Waals surface area contributed by atoms with Crippen molar-refractivity contribution in [3.8, 4) is 80.1 Å². The van der Waals surface area contributed by atoms with E-state index < -0.39 is 63.7 Å². The van der Waals surface area contributed by atoms with E-state index in [0.29, 0.717) is 0 Å². The fourth-order valence-corrected chi connectivity index (χ4v) is 5.39. The minimum absolute atomic E-state index is 0.0781. The molecule has 0 spiro atoms. The smallest absolute Gasteiger partial charge is 0.308 e. The molecule has 19 nitrogen and oxygen atoms in total. The topological polar surface area (TPSA) is 293 Å². The van der Waals surface area contributed by atoms with Crippen molar-refractivity contribution in [2.24, 2.45) is 0 Å². The summed E-state index contributed by atoms with van der Waals surface area (Å²) < 4.78 is 36.7. The molecule has 0 saturated heterocycles. The van der Waals surface area contributed by atoms with Gasteiger partial charge in [-0.15, -0.1) is 0 Å². The first-order chi connectivity index (χ1) is 27.7. The number of esters is 5. The summed E-state index contributed by atoms with van der Waals surface area (Å²) in [7, 11) is 0. The van der Waals surface area contributed by atoms with Crippen LogP contribution in [0.1, 0.15) is 34.6 Å². The molecular weight excluding hydrogens is 784 g/mol. The normalized spacial score (nSPS) is 10.6. The lowest BCUT2D eigenvalue weighted by molar-refractivity contribution is -0.134. The molecule has 2 heterocycles. The number of fused-ring (bicyclic) bond motifs is 2. The van der Waals surface area contributed by atoms with Gasteiger partial charge in [-0.1, -0.05) is 0 Å². The number of carbonyl (C=O) groups is 5. The van der Waals surface area contributed by atoms with Crippen molar-refractivity contribution in [3.05, 3.63) is 81.1 Å². The van der Waals surface area contributed by atoms with Crippen LogP contribution in [0.15, 0.2) is 79.1 Å². The predicted molar refractivity (Wildman–Crippen MR) is 201 cm³/mol. The molecule has 0 saturated carbocycles. The highest BCUT2D eigenvalue weighted by atomic mass is 16.6. The summed E-state index contributed by atoms with van der Waals surface area (Å²) in [4.78, 5) is 83.7. The molecule has 4 aromatic carbocycles. The van der Waals surface area contributed by atoms with Crippen molar-refractivity contribution < 1.29 is 82.0 Å². The molecule has 0 bridgehead atoms. The molecule has 6 rings (SSSR count). The Kier molecular flexibility index (Phi) is 11.9. The largest absolute Gasteiger partial charge is 0.508 e. The summed E-state index contributed by atoms with van der Waals surface area (Å²) >= 11 is 0. The number of phenolic OH excluding ortho intramolecular Hbond substituents is 4. The van der Waals surface area contributed by atoms with Crippen molar-refractivity contribution >= 4 is 51.8 Å². The third-order valence-corrected chi connectivity index (χ3v) is 7.54. The van der Waals surface area contributed by atoms with Crippen LogP contribution in [-0.2, 0) is 24.0 Å². The van der Waals surface area contributed by atoms with Gasteiger partial charge in [-0.25, -0.2) is 0 Å². The maximum absolute atomic E-state index is 13.5. The standard InChI is InChI=1S/C25H20O12.C15H10O7/c1-11(26)32-17-9-20(35-14(4)29)22-21(10-17)37-24(25(23(22)31)36-15(5)30)16-6-7-18(33-12(2)27)19(8-16)34-13(3)28;16-7-4-10(19)12-11(5-7)22-15(14(21)13(12)20)6-1-2-8(17)9(18)3-6/h6-10H,1-5H3;1-5,16-19,21H. The van der Waals surface area contributed by atoms with Gasteiger partial charge in [0, 0.05) is 70.0 Å². The third-order valence-electron chi connectivity index (χ3n) is 7.54. The van der Waals surface area contributed by atoms with Gasteiger partial charge in [0.25, 0.3) is 0 Å². The molecule has 0 aliphatic rings. The molecule has 0 fully saturated rings. The zero-order valence-electron chi connectivity index (χ0n) is 31.2. The minimum atomic E-state index is -0.893. The Morgan fingerprint density at radius 2 is 1.02 bits per heavy atom. The average Bonchev–Trinajstić information content (AvgIpc) is 3.11. The van der Waals surface area contributed by atoms with Gasteiger partial charge in [0.05, 0.1) is 0 Å². The summed E-state index contributed by atoms with van der Waals surface area (Å²) in [6.07, 6.45) is 0. The van der Waals surface area contributed by atoms with Crippen molar-refractivity contribution in [1.29, 1.82) is 0 Å². The lowest BCUT2D eigenvalue weighted by Crippen LogP contribution is -2.15. The molecule has 0 radical (unpaired) electrons. The van der Waals surface area contributed by atoms with Gasteiger partial charge in [-0.3, -0.25) is 33.6 Å². The highest BCUT2D eigenvalue weighted by Gasteiger charge is 2.26. The molecule has 2 aromatic heterocycles. The van der Waals surface area contributed by atoms with E-state index in [1.807, 2.05) is 0 Å². The quantitative estimate of drug-likeness (QED) is 0.0798. The van der Waals surface area contributed by atoms with Crippen LogP contribution in [0.25, 0.3) is 44.6 Å². The number of carbonyl (C=O) groups excluding carboxylic acids is 5. The minimum Gasteiger partial charge on any atom is -0.508 e. The Labute approximate surface area is 329 Å². The average molecular weight is 815 g/mol. The highest BCUT2D eigenvalue weighted by molar-refractivity contribution is 5.92. The van der Waals surface area contributed by atoms with E-state index in [1.165, 1.54) is 30.3 Å². The summed E-state index contributed by atoms with van der Waals surface area (Å²) in [5.74, 6) is -8.03. The molecule has 5 N–H and O–H groups in total. The number of hydrogen-bond acceptors (Lipinski definition) is 19. The van der Waals surface area contributed by atoms with Crippen LogP contribution in [0.2, 0.25) is 0 Å². The number of benzene rings is 4. The molecule has 304 valence electrons. The lowest BCUT2D eigenvalue weighted by atomic mass is 10.1. The van der Waals surface area contributed by atoms with E-state index >= 15 is 0 Å². The van der Waals surface area contributed by atoms with Crippen molar-refractivity contribution in [1.82, 2.24) is 0 Å². The second kappa shape index (κ2) is 16.8. The number of aromatic hydroxyl groups is 5. The van der Waals surface area contributed by atoms with Gasteiger partial charge in [0.15, 0.2) is 34.5 Å². The monoisotopic (exact) mass is 814 g/mol.